The Morgan fingerprint density at radius 2 is 1.63 bits per heavy atom. The van der Waals surface area contributed by atoms with Gasteiger partial charge in [0.25, 0.3) is 0 Å². The topological polar surface area (TPSA) is 103 Å². The van der Waals surface area contributed by atoms with Crippen LogP contribution in [-0.4, -0.2) is 81.8 Å². The van der Waals surface area contributed by atoms with Gasteiger partial charge in [0.15, 0.2) is 0 Å². The van der Waals surface area contributed by atoms with Crippen LogP contribution in [0.1, 0.15) is 34.3 Å². The average molecular weight is 612 g/mol. The summed E-state index contributed by atoms with van der Waals surface area (Å²) in [6.45, 7) is 3.10. The molecule has 3 aromatic carbocycles. The Balaban J connectivity index is 1.26. The number of methoxy groups -OCH3 is 1. The fourth-order valence-electron chi connectivity index (χ4n) is 5.37. The van der Waals surface area contributed by atoms with E-state index >= 15 is 4.39 Å². The number of esters is 1. The standard InChI is InChI=1S/C32H38FN3O6S/c1-41-31(37)25-7-8-26(30(33)21-25)23-36(32(38)35-17-19-43(39,40)20-18-35)27-9-11-28(12-10-27)42-29-13-15-34(16-14-29)22-24-5-3-2-4-6-24/h2-12,21,29,39-40H,13-20,22-23H2,1H3. The highest BCUT2D eigenvalue weighted by molar-refractivity contribution is 8.24. The van der Waals surface area contributed by atoms with Crippen molar-refractivity contribution in [1.82, 2.24) is 9.80 Å². The predicted molar refractivity (Wildman–Crippen MR) is 165 cm³/mol. The number of amides is 2. The van der Waals surface area contributed by atoms with E-state index in [2.05, 4.69) is 33.9 Å². The molecule has 0 spiro atoms. The third-order valence-electron chi connectivity index (χ3n) is 7.92. The molecule has 0 atom stereocenters. The zero-order valence-electron chi connectivity index (χ0n) is 24.2. The number of halogens is 1. The molecule has 0 aromatic heterocycles. The summed E-state index contributed by atoms with van der Waals surface area (Å²) in [5.74, 6) is -0.384. The van der Waals surface area contributed by atoms with E-state index < -0.39 is 22.4 Å². The van der Waals surface area contributed by atoms with Crippen LogP contribution in [0.3, 0.4) is 0 Å². The Morgan fingerprint density at radius 3 is 2.26 bits per heavy atom. The summed E-state index contributed by atoms with van der Waals surface area (Å²) in [5, 5.41) is 0. The van der Waals surface area contributed by atoms with E-state index in [4.69, 9.17) is 4.74 Å². The summed E-state index contributed by atoms with van der Waals surface area (Å²) in [4.78, 5) is 30.9. The van der Waals surface area contributed by atoms with E-state index in [0.29, 0.717) is 11.4 Å². The second-order valence-corrected chi connectivity index (χ2v) is 13.4. The van der Waals surface area contributed by atoms with Gasteiger partial charge in [-0.3, -0.25) is 18.9 Å². The van der Waals surface area contributed by atoms with Gasteiger partial charge in [0.1, 0.15) is 17.7 Å². The molecule has 0 saturated carbocycles. The van der Waals surface area contributed by atoms with Crippen molar-refractivity contribution >= 4 is 28.3 Å². The highest BCUT2D eigenvalue weighted by Gasteiger charge is 2.30. The summed E-state index contributed by atoms with van der Waals surface area (Å²) >= 11 is 0. The van der Waals surface area contributed by atoms with Crippen LogP contribution < -0.4 is 9.64 Å². The first-order valence-electron chi connectivity index (χ1n) is 14.4. The first-order chi connectivity index (χ1) is 20.7. The third kappa shape index (κ3) is 8.05. The molecule has 230 valence electrons. The largest absolute Gasteiger partial charge is 0.490 e. The number of hydrogen-bond donors (Lipinski definition) is 2. The minimum atomic E-state index is -2.70. The molecule has 2 saturated heterocycles. The molecule has 0 unspecified atom stereocenters. The lowest BCUT2D eigenvalue weighted by Gasteiger charge is -2.42. The van der Waals surface area contributed by atoms with Crippen molar-refractivity contribution < 1.29 is 32.6 Å². The molecule has 2 N–H and O–H groups in total. The lowest BCUT2D eigenvalue weighted by atomic mass is 10.1. The second kappa shape index (κ2) is 13.8. The van der Waals surface area contributed by atoms with Crippen LogP contribution in [0.2, 0.25) is 0 Å². The quantitative estimate of drug-likeness (QED) is 0.308. The molecular weight excluding hydrogens is 573 g/mol. The number of likely N-dealkylation sites (tertiary alicyclic amines) is 1. The zero-order valence-corrected chi connectivity index (χ0v) is 25.0. The van der Waals surface area contributed by atoms with Gasteiger partial charge in [-0.05, 0) is 54.8 Å². The van der Waals surface area contributed by atoms with Gasteiger partial charge in [0.2, 0.25) is 0 Å². The Bertz CT molecular complexity index is 1390. The molecule has 0 aliphatic carbocycles. The number of carbonyl (C=O) groups excluding carboxylic acids is 2. The van der Waals surface area contributed by atoms with Gasteiger partial charge in [0, 0.05) is 44.0 Å². The lowest BCUT2D eigenvalue weighted by molar-refractivity contribution is 0.0600. The molecule has 2 aliphatic rings. The summed E-state index contributed by atoms with van der Waals surface area (Å²) in [6, 6.07) is 21.3. The molecule has 2 aliphatic heterocycles. The predicted octanol–water partition coefficient (Wildman–Crippen LogP) is 5.85. The number of benzene rings is 3. The van der Waals surface area contributed by atoms with Crippen LogP contribution in [0.25, 0.3) is 0 Å². The Labute approximate surface area is 253 Å². The SMILES string of the molecule is COC(=O)c1ccc(CN(C(=O)N2CCS(O)(O)CC2)c2ccc(OC3CCN(Cc4ccccc4)CC3)cc2)c(F)c1. The van der Waals surface area contributed by atoms with Gasteiger partial charge in [-0.15, -0.1) is 0 Å². The maximum atomic E-state index is 15.1. The Hall–Kier alpha value is -3.64. The maximum absolute atomic E-state index is 15.1. The molecule has 11 heteroatoms. The van der Waals surface area contributed by atoms with Crippen molar-refractivity contribution in [1.29, 1.82) is 0 Å². The van der Waals surface area contributed by atoms with E-state index in [1.165, 1.54) is 29.7 Å². The number of rotatable bonds is 8. The van der Waals surface area contributed by atoms with Crippen molar-refractivity contribution in [3.8, 4) is 5.75 Å². The van der Waals surface area contributed by atoms with E-state index in [1.54, 1.807) is 17.0 Å². The molecule has 2 amide bonds. The Kier molecular flexibility index (Phi) is 9.86. The fraction of sp³-hybridized carbons (Fsp3) is 0.375. The van der Waals surface area contributed by atoms with Crippen LogP contribution in [-0.2, 0) is 17.8 Å². The molecule has 2 fully saturated rings. The smallest absolute Gasteiger partial charge is 0.337 e. The highest BCUT2D eigenvalue weighted by atomic mass is 32.3. The first kappa shape index (κ1) is 30.8. The van der Waals surface area contributed by atoms with Crippen LogP contribution >= 0.6 is 10.6 Å². The van der Waals surface area contributed by atoms with E-state index in [-0.39, 0.29) is 54.4 Å². The van der Waals surface area contributed by atoms with Gasteiger partial charge in [-0.25, -0.2) is 14.0 Å². The van der Waals surface area contributed by atoms with Crippen LogP contribution in [0.15, 0.2) is 72.8 Å². The monoisotopic (exact) mass is 611 g/mol. The summed E-state index contributed by atoms with van der Waals surface area (Å²) < 4.78 is 46.1. The zero-order chi connectivity index (χ0) is 30.4. The maximum Gasteiger partial charge on any atom is 0.337 e. The van der Waals surface area contributed by atoms with Crippen molar-refractivity contribution in [2.75, 3.05) is 49.7 Å². The number of hydrogen-bond acceptors (Lipinski definition) is 7. The number of nitrogens with zero attached hydrogens (tertiary/aromatic N) is 3. The second-order valence-electron chi connectivity index (χ2n) is 10.9. The molecule has 2 heterocycles. The highest BCUT2D eigenvalue weighted by Crippen LogP contribution is 2.40. The molecule has 3 aromatic rings. The lowest BCUT2D eigenvalue weighted by Crippen LogP contribution is -2.48. The number of urea groups is 1. The van der Waals surface area contributed by atoms with E-state index in [1.807, 2.05) is 18.2 Å². The third-order valence-corrected chi connectivity index (χ3v) is 9.59. The van der Waals surface area contributed by atoms with E-state index in [0.717, 1.165) is 38.5 Å². The molecule has 5 rings (SSSR count). The van der Waals surface area contributed by atoms with E-state index in [9.17, 15) is 18.7 Å². The summed E-state index contributed by atoms with van der Waals surface area (Å²) in [6.07, 6.45) is 1.91. The van der Waals surface area contributed by atoms with Crippen LogP contribution in [0.5, 0.6) is 5.75 Å². The minimum Gasteiger partial charge on any atom is -0.490 e. The molecule has 9 nitrogen and oxygen atoms in total. The number of piperidine rings is 1. The van der Waals surface area contributed by atoms with Crippen molar-refractivity contribution in [3.63, 3.8) is 0 Å². The first-order valence-corrected chi connectivity index (χ1v) is 16.3. The van der Waals surface area contributed by atoms with Crippen LogP contribution in [0, 0.1) is 5.82 Å². The molecule has 0 bridgehead atoms. The normalized spacial score (nSPS) is 18.1. The van der Waals surface area contributed by atoms with Gasteiger partial charge in [0.05, 0.1) is 30.7 Å². The number of anilines is 1. The summed E-state index contributed by atoms with van der Waals surface area (Å²) in [5.41, 5.74) is 2.15. The minimum absolute atomic E-state index is 0.0789. The number of carbonyl (C=O) groups is 2. The summed E-state index contributed by atoms with van der Waals surface area (Å²) in [7, 11) is -1.47. The Morgan fingerprint density at radius 1 is 0.953 bits per heavy atom. The molecule has 43 heavy (non-hydrogen) atoms. The van der Waals surface area contributed by atoms with Crippen molar-refractivity contribution in [2.24, 2.45) is 0 Å². The van der Waals surface area contributed by atoms with Gasteiger partial charge < -0.3 is 14.4 Å². The number of ether oxygens (including phenoxy) is 2. The van der Waals surface area contributed by atoms with Gasteiger partial charge >= 0.3 is 12.0 Å². The van der Waals surface area contributed by atoms with Gasteiger partial charge in [-0.2, -0.15) is 10.6 Å². The van der Waals surface area contributed by atoms with Gasteiger partial charge in [-0.1, -0.05) is 36.4 Å². The van der Waals surface area contributed by atoms with Crippen LogP contribution in [0.4, 0.5) is 14.9 Å². The fourth-order valence-corrected chi connectivity index (χ4v) is 6.60. The molecular formula is C32H38FN3O6S. The molecule has 0 radical (unpaired) electrons. The van der Waals surface area contributed by atoms with Crippen molar-refractivity contribution in [2.45, 2.75) is 32.0 Å². The average Bonchev–Trinajstić information content (AvgIpc) is 3.02. The van der Waals surface area contributed by atoms with Crippen molar-refractivity contribution in [3.05, 3.63) is 95.3 Å².